The van der Waals surface area contributed by atoms with Gasteiger partial charge >= 0.3 is 0 Å². The molecule has 1 spiro atoms. The zero-order valence-corrected chi connectivity index (χ0v) is 16.8. The first-order valence-corrected chi connectivity index (χ1v) is 9.88. The molecule has 0 bridgehead atoms. The molecule has 0 saturated carbocycles. The topological polar surface area (TPSA) is 84.6 Å². The van der Waals surface area contributed by atoms with Gasteiger partial charge in [-0.25, -0.2) is 14.4 Å². The number of carbonyl (C=O) groups is 1. The number of hydrogen-bond donors (Lipinski definition) is 1. The number of aryl methyl sites for hydroxylation is 1. The van der Waals surface area contributed by atoms with E-state index in [0.29, 0.717) is 31.1 Å². The second kappa shape index (κ2) is 7.59. The molecule has 2 aliphatic heterocycles. The van der Waals surface area contributed by atoms with Crippen LogP contribution in [-0.2, 0) is 4.74 Å². The van der Waals surface area contributed by atoms with Crippen molar-refractivity contribution in [3.8, 4) is 0 Å². The number of halogens is 1. The van der Waals surface area contributed by atoms with Gasteiger partial charge in [0.05, 0.1) is 18.2 Å². The van der Waals surface area contributed by atoms with E-state index >= 15 is 0 Å². The van der Waals surface area contributed by atoms with Crippen molar-refractivity contribution in [2.45, 2.75) is 37.8 Å². The first-order chi connectivity index (χ1) is 13.8. The Bertz CT molecular complexity index is 876. The van der Waals surface area contributed by atoms with E-state index in [1.807, 2.05) is 11.9 Å². The molecule has 1 atom stereocenters. The summed E-state index contributed by atoms with van der Waals surface area (Å²) < 4.78 is 19.4. The summed E-state index contributed by atoms with van der Waals surface area (Å²) in [5, 5.41) is 0. The maximum absolute atomic E-state index is 13.2. The van der Waals surface area contributed by atoms with E-state index in [0.717, 1.165) is 24.9 Å². The van der Waals surface area contributed by atoms with Gasteiger partial charge in [-0.1, -0.05) is 0 Å². The molecule has 3 heterocycles. The molecule has 1 aromatic carbocycles. The minimum atomic E-state index is -0.237. The highest BCUT2D eigenvalue weighted by Gasteiger charge is 2.44. The molecule has 2 saturated heterocycles. The van der Waals surface area contributed by atoms with Crippen molar-refractivity contribution in [1.29, 1.82) is 0 Å². The Labute approximate surface area is 169 Å². The highest BCUT2D eigenvalue weighted by molar-refractivity contribution is 5.92. The number of nitrogens with zero attached hydrogens (tertiary/aromatic N) is 4. The number of benzene rings is 1. The zero-order chi connectivity index (χ0) is 20.6. The molecule has 2 fully saturated rings. The summed E-state index contributed by atoms with van der Waals surface area (Å²) in [5.41, 5.74) is 7.46. The van der Waals surface area contributed by atoms with Crippen LogP contribution in [0, 0.1) is 12.7 Å². The smallest absolute Gasteiger partial charge is 0.272 e. The highest BCUT2D eigenvalue weighted by Crippen LogP contribution is 2.38. The Morgan fingerprint density at radius 3 is 2.62 bits per heavy atom. The molecule has 0 radical (unpaired) electrons. The molecule has 8 heteroatoms. The van der Waals surface area contributed by atoms with Crippen molar-refractivity contribution in [2.75, 3.05) is 37.4 Å². The van der Waals surface area contributed by atoms with Gasteiger partial charge in [-0.15, -0.1) is 0 Å². The van der Waals surface area contributed by atoms with Crippen molar-refractivity contribution in [1.82, 2.24) is 14.9 Å². The third-order valence-corrected chi connectivity index (χ3v) is 6.02. The van der Waals surface area contributed by atoms with Crippen molar-refractivity contribution in [2.24, 2.45) is 0 Å². The van der Waals surface area contributed by atoms with E-state index in [1.54, 1.807) is 25.1 Å². The number of carbonyl (C=O) groups excluding carboxylic acids is 1. The third-order valence-electron chi connectivity index (χ3n) is 6.02. The molecule has 4 rings (SSSR count). The van der Waals surface area contributed by atoms with Crippen LogP contribution in [0.15, 0.2) is 30.3 Å². The predicted molar refractivity (Wildman–Crippen MR) is 108 cm³/mol. The first kappa shape index (κ1) is 19.6. The fraction of sp³-hybridized carbons (Fsp3) is 0.476. The predicted octanol–water partition coefficient (Wildman–Crippen LogP) is 2.41. The van der Waals surface area contributed by atoms with Crippen LogP contribution in [0.5, 0.6) is 0 Å². The van der Waals surface area contributed by atoms with Crippen LogP contribution in [0.4, 0.5) is 16.0 Å². The highest BCUT2D eigenvalue weighted by atomic mass is 19.1. The van der Waals surface area contributed by atoms with Crippen LogP contribution in [0.25, 0.3) is 0 Å². The molecule has 1 aromatic heterocycles. The minimum Gasteiger partial charge on any atom is -0.373 e. The fourth-order valence-corrected chi connectivity index (χ4v) is 4.28. The van der Waals surface area contributed by atoms with Crippen LogP contribution in [-0.4, -0.2) is 59.2 Å². The molecule has 2 aromatic rings. The number of nitrogen functional groups attached to an aromatic ring is 1. The fourth-order valence-electron chi connectivity index (χ4n) is 4.28. The van der Waals surface area contributed by atoms with E-state index in [-0.39, 0.29) is 29.3 Å². The molecule has 2 N–H and O–H groups in total. The third kappa shape index (κ3) is 4.03. The molecule has 1 amide bonds. The lowest BCUT2D eigenvalue weighted by Gasteiger charge is -2.39. The van der Waals surface area contributed by atoms with E-state index in [9.17, 15) is 9.18 Å². The van der Waals surface area contributed by atoms with Crippen LogP contribution in [0.3, 0.4) is 0 Å². The standard InChI is InChI=1S/C21H26FN5O2/c1-14-11-18(25-20(23)24-14)19(28)27-9-7-21(8-10-27)12-17(13-29-21)26(2)16-5-3-15(22)4-6-16/h3-6,11,17H,7-10,12-13H2,1-2H3,(H2,23,24,25)/t17-/m0/s1. The van der Waals surface area contributed by atoms with E-state index < -0.39 is 0 Å². The van der Waals surface area contributed by atoms with Gasteiger partial charge in [-0.05, 0) is 56.5 Å². The lowest BCUT2D eigenvalue weighted by atomic mass is 9.87. The van der Waals surface area contributed by atoms with Gasteiger partial charge in [0.2, 0.25) is 5.95 Å². The van der Waals surface area contributed by atoms with E-state index in [2.05, 4.69) is 14.9 Å². The number of hydrogen-bond acceptors (Lipinski definition) is 6. The van der Waals surface area contributed by atoms with Crippen LogP contribution in [0.1, 0.15) is 35.4 Å². The molecule has 29 heavy (non-hydrogen) atoms. The molecular formula is C21H26FN5O2. The van der Waals surface area contributed by atoms with Gasteiger partial charge in [0.1, 0.15) is 11.5 Å². The van der Waals surface area contributed by atoms with Gasteiger partial charge in [0, 0.05) is 31.5 Å². The summed E-state index contributed by atoms with van der Waals surface area (Å²) >= 11 is 0. The van der Waals surface area contributed by atoms with E-state index in [1.165, 1.54) is 12.1 Å². The molecule has 0 aliphatic carbocycles. The number of likely N-dealkylation sites (N-methyl/N-ethyl adjacent to an activating group) is 1. The van der Waals surface area contributed by atoms with Crippen molar-refractivity contribution in [3.63, 3.8) is 0 Å². The Hall–Kier alpha value is -2.74. The number of amides is 1. The van der Waals surface area contributed by atoms with Gasteiger partial charge in [0.25, 0.3) is 5.91 Å². The Morgan fingerprint density at radius 2 is 1.97 bits per heavy atom. The average Bonchev–Trinajstić information content (AvgIpc) is 3.11. The van der Waals surface area contributed by atoms with Gasteiger partial charge < -0.3 is 20.3 Å². The summed E-state index contributed by atoms with van der Waals surface area (Å²) in [4.78, 5) is 24.9. The van der Waals surface area contributed by atoms with Crippen molar-refractivity contribution >= 4 is 17.5 Å². The number of aromatic nitrogens is 2. The molecule has 0 unspecified atom stereocenters. The lowest BCUT2D eigenvalue weighted by molar-refractivity contribution is -0.0389. The number of rotatable bonds is 3. The van der Waals surface area contributed by atoms with Crippen LogP contribution < -0.4 is 10.6 Å². The second-order valence-corrected chi connectivity index (χ2v) is 7.98. The number of ether oxygens (including phenoxy) is 1. The molecule has 2 aliphatic rings. The maximum atomic E-state index is 13.2. The maximum Gasteiger partial charge on any atom is 0.272 e. The summed E-state index contributed by atoms with van der Waals surface area (Å²) in [6, 6.07) is 8.43. The average molecular weight is 399 g/mol. The summed E-state index contributed by atoms with van der Waals surface area (Å²) in [5.74, 6) is -0.235. The van der Waals surface area contributed by atoms with Gasteiger partial charge in [-0.2, -0.15) is 0 Å². The van der Waals surface area contributed by atoms with E-state index in [4.69, 9.17) is 10.5 Å². The Balaban J connectivity index is 1.38. The zero-order valence-electron chi connectivity index (χ0n) is 16.8. The number of anilines is 2. The largest absolute Gasteiger partial charge is 0.373 e. The van der Waals surface area contributed by atoms with Crippen LogP contribution in [0.2, 0.25) is 0 Å². The number of piperidine rings is 1. The second-order valence-electron chi connectivity index (χ2n) is 7.98. The van der Waals surface area contributed by atoms with Crippen molar-refractivity contribution < 1.29 is 13.9 Å². The van der Waals surface area contributed by atoms with Gasteiger partial charge in [0.15, 0.2) is 0 Å². The molecular weight excluding hydrogens is 373 g/mol. The lowest BCUT2D eigenvalue weighted by Crippen LogP contribution is -2.47. The monoisotopic (exact) mass is 399 g/mol. The quantitative estimate of drug-likeness (QED) is 0.853. The molecule has 7 nitrogen and oxygen atoms in total. The van der Waals surface area contributed by atoms with Gasteiger partial charge in [-0.3, -0.25) is 4.79 Å². The first-order valence-electron chi connectivity index (χ1n) is 9.88. The normalized spacial score (nSPS) is 20.8. The summed E-state index contributed by atoms with van der Waals surface area (Å²) in [6.45, 7) is 3.66. The number of nitrogens with two attached hydrogens (primary N) is 1. The Kier molecular flexibility index (Phi) is 5.12. The SMILES string of the molecule is Cc1cc(C(=O)N2CCC3(CC2)C[C@H](N(C)c2ccc(F)cc2)CO3)nc(N)n1. The Morgan fingerprint density at radius 1 is 1.28 bits per heavy atom. The summed E-state index contributed by atoms with van der Waals surface area (Å²) in [6.07, 6.45) is 2.46. The number of likely N-dealkylation sites (tertiary alicyclic amines) is 1. The summed E-state index contributed by atoms with van der Waals surface area (Å²) in [7, 11) is 2.01. The van der Waals surface area contributed by atoms with Crippen LogP contribution >= 0.6 is 0 Å². The molecule has 154 valence electrons. The van der Waals surface area contributed by atoms with Crippen molar-refractivity contribution in [3.05, 3.63) is 47.5 Å². The minimum absolute atomic E-state index is 0.116.